The predicted octanol–water partition coefficient (Wildman–Crippen LogP) is 4.05. The van der Waals surface area contributed by atoms with Gasteiger partial charge in [-0.2, -0.15) is 5.26 Å². The predicted molar refractivity (Wildman–Crippen MR) is 106 cm³/mol. The van der Waals surface area contributed by atoms with Gasteiger partial charge in [-0.3, -0.25) is 9.69 Å². The summed E-state index contributed by atoms with van der Waals surface area (Å²) in [4.78, 5) is 16.3. The maximum atomic E-state index is 14.2. The number of fused-ring (bicyclic) bond motifs is 1. The SMILES string of the molecule is COc1ccc([C@H]2CC(=O)N3CN(c4ccccc4F)CSC3=C2C#N)cc1. The highest BCUT2D eigenvalue weighted by Gasteiger charge is 2.38. The van der Waals surface area contributed by atoms with Crippen molar-refractivity contribution in [1.29, 1.82) is 5.26 Å². The number of hydrogen-bond donors (Lipinski definition) is 0. The number of para-hydroxylation sites is 1. The fourth-order valence-electron chi connectivity index (χ4n) is 3.54. The number of nitriles is 1. The fourth-order valence-corrected chi connectivity index (χ4v) is 4.70. The van der Waals surface area contributed by atoms with Gasteiger partial charge in [-0.05, 0) is 29.8 Å². The number of allylic oxidation sites excluding steroid dienone is 1. The highest BCUT2D eigenvalue weighted by atomic mass is 32.2. The van der Waals surface area contributed by atoms with Crippen molar-refractivity contribution in [3.63, 3.8) is 0 Å². The van der Waals surface area contributed by atoms with Gasteiger partial charge in [-0.1, -0.05) is 36.0 Å². The summed E-state index contributed by atoms with van der Waals surface area (Å²) in [6.45, 7) is 0.239. The molecule has 0 saturated carbocycles. The molecular weight excluding hydrogens is 377 g/mol. The maximum absolute atomic E-state index is 14.2. The number of thioether (sulfide) groups is 1. The Kier molecular flexibility index (Phi) is 4.97. The summed E-state index contributed by atoms with van der Waals surface area (Å²) in [5.41, 5.74) is 1.95. The van der Waals surface area contributed by atoms with Crippen LogP contribution in [0.2, 0.25) is 0 Å². The van der Waals surface area contributed by atoms with Crippen LogP contribution < -0.4 is 9.64 Å². The molecule has 1 amide bonds. The molecule has 0 aromatic heterocycles. The number of amides is 1. The lowest BCUT2D eigenvalue weighted by Crippen LogP contribution is -2.47. The van der Waals surface area contributed by atoms with Crippen molar-refractivity contribution in [3.05, 3.63) is 70.5 Å². The smallest absolute Gasteiger partial charge is 0.229 e. The van der Waals surface area contributed by atoms with E-state index in [2.05, 4.69) is 6.07 Å². The molecule has 4 rings (SSSR count). The second-order valence-electron chi connectivity index (χ2n) is 6.59. The molecule has 0 bridgehead atoms. The van der Waals surface area contributed by atoms with Crippen LogP contribution in [0, 0.1) is 17.1 Å². The number of hydrogen-bond acceptors (Lipinski definition) is 5. The van der Waals surface area contributed by atoms with Crippen molar-refractivity contribution < 1.29 is 13.9 Å². The van der Waals surface area contributed by atoms with Crippen LogP contribution in [0.1, 0.15) is 17.9 Å². The van der Waals surface area contributed by atoms with Crippen LogP contribution in [-0.2, 0) is 4.79 Å². The van der Waals surface area contributed by atoms with Crippen LogP contribution in [0.4, 0.5) is 10.1 Å². The number of nitrogens with zero attached hydrogens (tertiary/aromatic N) is 3. The Morgan fingerprint density at radius 2 is 1.96 bits per heavy atom. The maximum Gasteiger partial charge on any atom is 0.229 e. The number of carbonyl (C=O) groups is 1. The van der Waals surface area contributed by atoms with Crippen LogP contribution in [0.15, 0.2) is 59.1 Å². The molecular formula is C21H18FN3O2S. The third-order valence-electron chi connectivity index (χ3n) is 5.00. The summed E-state index contributed by atoms with van der Waals surface area (Å²) >= 11 is 1.40. The van der Waals surface area contributed by atoms with E-state index in [4.69, 9.17) is 4.74 Å². The van der Waals surface area contributed by atoms with E-state index in [9.17, 15) is 14.4 Å². The van der Waals surface area contributed by atoms with Crippen molar-refractivity contribution >= 4 is 23.4 Å². The molecule has 2 aromatic rings. The van der Waals surface area contributed by atoms with E-state index in [0.717, 1.165) is 11.3 Å². The van der Waals surface area contributed by atoms with Gasteiger partial charge in [0.05, 0.1) is 42.0 Å². The molecule has 0 radical (unpaired) electrons. The van der Waals surface area contributed by atoms with Gasteiger partial charge in [0.15, 0.2) is 0 Å². The monoisotopic (exact) mass is 395 g/mol. The Labute approximate surface area is 167 Å². The first-order chi connectivity index (χ1) is 13.6. The summed E-state index contributed by atoms with van der Waals surface area (Å²) in [6.07, 6.45) is 0.213. The molecule has 0 N–H and O–H groups in total. The Morgan fingerprint density at radius 3 is 2.64 bits per heavy atom. The number of methoxy groups -OCH3 is 1. The Bertz CT molecular complexity index is 984. The van der Waals surface area contributed by atoms with E-state index in [1.54, 1.807) is 30.2 Å². The molecule has 2 aliphatic heterocycles. The number of carbonyl (C=O) groups excluding carboxylic acids is 1. The lowest BCUT2D eigenvalue weighted by molar-refractivity contribution is -0.129. The first kappa shape index (κ1) is 18.4. The molecule has 142 valence electrons. The van der Waals surface area contributed by atoms with Crippen LogP contribution in [-0.4, -0.2) is 30.5 Å². The largest absolute Gasteiger partial charge is 0.497 e. The van der Waals surface area contributed by atoms with E-state index < -0.39 is 0 Å². The molecule has 2 heterocycles. The third kappa shape index (κ3) is 3.20. The zero-order valence-electron chi connectivity index (χ0n) is 15.3. The molecule has 2 aliphatic rings. The summed E-state index contributed by atoms with van der Waals surface area (Å²) in [7, 11) is 1.60. The molecule has 7 heteroatoms. The molecule has 0 unspecified atom stereocenters. The number of benzene rings is 2. The van der Waals surface area contributed by atoms with Gasteiger partial charge in [0.25, 0.3) is 0 Å². The highest BCUT2D eigenvalue weighted by Crippen LogP contribution is 2.43. The van der Waals surface area contributed by atoms with Crippen LogP contribution >= 0.6 is 11.8 Å². The molecule has 0 aliphatic carbocycles. The van der Waals surface area contributed by atoms with Gasteiger partial charge in [-0.25, -0.2) is 4.39 Å². The average molecular weight is 395 g/mol. The number of ether oxygens (including phenoxy) is 1. The fraction of sp³-hybridized carbons (Fsp3) is 0.238. The average Bonchev–Trinajstić information content (AvgIpc) is 2.74. The molecule has 0 spiro atoms. The van der Waals surface area contributed by atoms with Gasteiger partial charge in [0.1, 0.15) is 11.6 Å². The Balaban J connectivity index is 1.66. The van der Waals surface area contributed by atoms with Gasteiger partial charge < -0.3 is 9.64 Å². The van der Waals surface area contributed by atoms with Gasteiger partial charge in [0.2, 0.25) is 5.91 Å². The first-order valence-corrected chi connectivity index (χ1v) is 9.81. The molecule has 1 fully saturated rings. The number of rotatable bonds is 3. The number of anilines is 1. The van der Waals surface area contributed by atoms with Crippen molar-refractivity contribution in [3.8, 4) is 11.8 Å². The molecule has 28 heavy (non-hydrogen) atoms. The zero-order chi connectivity index (χ0) is 19.7. The minimum Gasteiger partial charge on any atom is -0.497 e. The first-order valence-electron chi connectivity index (χ1n) is 8.83. The summed E-state index contributed by atoms with van der Waals surface area (Å²) in [6, 6.07) is 16.3. The standard InChI is InChI=1S/C21H18FN3O2S/c1-27-15-8-6-14(7-9-15)16-10-20(26)25-12-24(13-28-21(25)17(16)11-23)19-5-3-2-4-18(19)22/h2-9,16H,10,12-13H2,1H3/t16-/m1/s1. The molecule has 1 saturated heterocycles. The Hall–Kier alpha value is -2.98. The zero-order valence-corrected chi connectivity index (χ0v) is 16.1. The minimum atomic E-state index is -0.323. The summed E-state index contributed by atoms with van der Waals surface area (Å²) in [5, 5.41) is 10.5. The number of halogens is 1. The van der Waals surface area contributed by atoms with Crippen molar-refractivity contribution in [1.82, 2.24) is 4.90 Å². The summed E-state index contributed by atoms with van der Waals surface area (Å²) < 4.78 is 19.3. The van der Waals surface area contributed by atoms with Crippen molar-refractivity contribution in [2.75, 3.05) is 24.6 Å². The van der Waals surface area contributed by atoms with E-state index in [-0.39, 0.29) is 30.7 Å². The quantitative estimate of drug-likeness (QED) is 0.785. The minimum absolute atomic E-state index is 0.0663. The van der Waals surface area contributed by atoms with Crippen LogP contribution in [0.3, 0.4) is 0 Å². The lowest BCUT2D eigenvalue weighted by Gasteiger charge is -2.42. The van der Waals surface area contributed by atoms with E-state index in [0.29, 0.717) is 22.2 Å². The van der Waals surface area contributed by atoms with E-state index >= 15 is 0 Å². The third-order valence-corrected chi connectivity index (χ3v) is 6.16. The van der Waals surface area contributed by atoms with Gasteiger partial charge >= 0.3 is 0 Å². The molecule has 2 aromatic carbocycles. The van der Waals surface area contributed by atoms with Crippen LogP contribution in [0.5, 0.6) is 5.75 Å². The highest BCUT2D eigenvalue weighted by molar-refractivity contribution is 8.03. The van der Waals surface area contributed by atoms with Crippen molar-refractivity contribution in [2.45, 2.75) is 12.3 Å². The van der Waals surface area contributed by atoms with Crippen LogP contribution in [0.25, 0.3) is 0 Å². The van der Waals surface area contributed by atoms with Gasteiger partial charge in [-0.15, -0.1) is 0 Å². The Morgan fingerprint density at radius 1 is 1.21 bits per heavy atom. The molecule has 1 atom stereocenters. The lowest BCUT2D eigenvalue weighted by atomic mass is 9.86. The second-order valence-corrected chi connectivity index (χ2v) is 7.52. The molecule has 5 nitrogen and oxygen atoms in total. The van der Waals surface area contributed by atoms with Gasteiger partial charge in [0, 0.05) is 12.3 Å². The summed E-state index contributed by atoms with van der Waals surface area (Å²) in [5.74, 6) is 0.536. The van der Waals surface area contributed by atoms with E-state index in [1.165, 1.54) is 17.8 Å². The second kappa shape index (κ2) is 7.56. The normalized spacial score (nSPS) is 19.3. The topological polar surface area (TPSA) is 56.6 Å². The van der Waals surface area contributed by atoms with Crippen molar-refractivity contribution in [2.24, 2.45) is 0 Å². The van der Waals surface area contributed by atoms with E-state index in [1.807, 2.05) is 29.2 Å².